The molecule has 18 heavy (non-hydrogen) atoms. The first kappa shape index (κ1) is 12.2. The number of amides is 1. The van der Waals surface area contributed by atoms with E-state index >= 15 is 0 Å². The van der Waals surface area contributed by atoms with Gasteiger partial charge in [0.25, 0.3) is 5.91 Å². The van der Waals surface area contributed by atoms with E-state index in [0.29, 0.717) is 17.9 Å². The highest BCUT2D eigenvalue weighted by atomic mass is 16.3. The van der Waals surface area contributed by atoms with E-state index in [1.54, 1.807) is 23.7 Å². The molecular formula is C11H13N5O2. The maximum Gasteiger partial charge on any atom is 0.255 e. The molecule has 2 heterocycles. The number of hydrogen-bond acceptors (Lipinski definition) is 5. The lowest BCUT2D eigenvalue weighted by Gasteiger charge is -2.15. The largest absolute Gasteiger partial charge is 0.395 e. The number of carbonyl (C=O) groups is 1. The van der Waals surface area contributed by atoms with Gasteiger partial charge in [-0.3, -0.25) is 9.36 Å². The number of aliphatic hydroxyl groups excluding tert-OH is 1. The van der Waals surface area contributed by atoms with E-state index in [1.807, 2.05) is 0 Å². The number of rotatable bonds is 4. The molecule has 1 amide bonds. The smallest absolute Gasteiger partial charge is 0.255 e. The first-order chi connectivity index (χ1) is 8.72. The molecule has 0 saturated heterocycles. The third kappa shape index (κ3) is 2.51. The molecule has 2 rings (SSSR count). The van der Waals surface area contributed by atoms with Crippen LogP contribution in [0.2, 0.25) is 0 Å². The van der Waals surface area contributed by atoms with Crippen LogP contribution in [-0.4, -0.2) is 55.9 Å². The molecule has 1 N–H and O–H groups in total. The topological polar surface area (TPSA) is 84.1 Å². The Hall–Kier alpha value is -2.28. The molecule has 0 aliphatic heterocycles. The van der Waals surface area contributed by atoms with E-state index in [2.05, 4.69) is 15.2 Å². The van der Waals surface area contributed by atoms with Crippen molar-refractivity contribution < 1.29 is 9.90 Å². The fraction of sp³-hybridized carbons (Fsp3) is 0.273. The van der Waals surface area contributed by atoms with Crippen LogP contribution < -0.4 is 0 Å². The molecule has 0 fully saturated rings. The number of pyridine rings is 1. The van der Waals surface area contributed by atoms with Crippen LogP contribution in [0.1, 0.15) is 10.4 Å². The standard InChI is InChI=1S/C11H13N5O2/c1-15(4-5-17)11(18)9-2-3-10(12-6-9)16-7-13-14-8-16/h2-3,6-8,17H,4-5H2,1H3. The van der Waals surface area contributed by atoms with Gasteiger partial charge in [0.2, 0.25) is 0 Å². The monoisotopic (exact) mass is 247 g/mol. The lowest BCUT2D eigenvalue weighted by Crippen LogP contribution is -2.29. The highest BCUT2D eigenvalue weighted by Gasteiger charge is 2.11. The normalized spacial score (nSPS) is 10.3. The summed E-state index contributed by atoms with van der Waals surface area (Å²) in [4.78, 5) is 17.5. The Kier molecular flexibility index (Phi) is 3.63. The number of nitrogens with zero attached hydrogens (tertiary/aromatic N) is 5. The van der Waals surface area contributed by atoms with Crippen molar-refractivity contribution >= 4 is 5.91 Å². The quantitative estimate of drug-likeness (QED) is 0.803. The molecule has 0 bridgehead atoms. The fourth-order valence-electron chi connectivity index (χ4n) is 1.46. The Morgan fingerprint density at radius 2 is 2.11 bits per heavy atom. The number of likely N-dealkylation sites (N-methyl/N-ethyl adjacent to an activating group) is 1. The lowest BCUT2D eigenvalue weighted by atomic mass is 10.2. The van der Waals surface area contributed by atoms with Crippen LogP contribution in [0.3, 0.4) is 0 Å². The summed E-state index contributed by atoms with van der Waals surface area (Å²) in [5.41, 5.74) is 0.475. The number of hydrogen-bond donors (Lipinski definition) is 1. The fourth-order valence-corrected chi connectivity index (χ4v) is 1.46. The van der Waals surface area contributed by atoms with Crippen LogP contribution in [0.4, 0.5) is 0 Å². The van der Waals surface area contributed by atoms with Gasteiger partial charge in [0, 0.05) is 19.8 Å². The Bertz CT molecular complexity index is 509. The SMILES string of the molecule is CN(CCO)C(=O)c1ccc(-n2cnnc2)nc1. The predicted octanol–water partition coefficient (Wildman–Crippen LogP) is -0.273. The maximum atomic E-state index is 11.9. The summed E-state index contributed by atoms with van der Waals surface area (Å²) in [6, 6.07) is 3.39. The van der Waals surface area contributed by atoms with Crippen molar-refractivity contribution in [1.29, 1.82) is 0 Å². The van der Waals surface area contributed by atoms with Crippen LogP contribution in [0.15, 0.2) is 31.0 Å². The molecule has 2 aromatic heterocycles. The average Bonchev–Trinajstić information content (AvgIpc) is 2.92. The Morgan fingerprint density at radius 3 is 2.67 bits per heavy atom. The summed E-state index contributed by atoms with van der Waals surface area (Å²) in [5, 5.41) is 16.1. The molecular weight excluding hydrogens is 234 g/mol. The van der Waals surface area contributed by atoms with Crippen LogP contribution in [0, 0.1) is 0 Å². The summed E-state index contributed by atoms with van der Waals surface area (Å²) >= 11 is 0. The van der Waals surface area contributed by atoms with Gasteiger partial charge in [-0.25, -0.2) is 4.98 Å². The number of carbonyl (C=O) groups excluding carboxylic acids is 1. The molecule has 2 aromatic rings. The molecule has 0 aliphatic carbocycles. The number of aromatic nitrogens is 4. The first-order valence-corrected chi connectivity index (χ1v) is 5.39. The van der Waals surface area contributed by atoms with Gasteiger partial charge in [-0.2, -0.15) is 0 Å². The van der Waals surface area contributed by atoms with E-state index in [1.165, 1.54) is 23.8 Å². The van der Waals surface area contributed by atoms with Gasteiger partial charge >= 0.3 is 0 Å². The van der Waals surface area contributed by atoms with Gasteiger partial charge in [0.1, 0.15) is 18.5 Å². The van der Waals surface area contributed by atoms with Crippen molar-refractivity contribution in [1.82, 2.24) is 24.6 Å². The molecule has 0 saturated carbocycles. The minimum Gasteiger partial charge on any atom is -0.395 e. The van der Waals surface area contributed by atoms with Crippen LogP contribution >= 0.6 is 0 Å². The zero-order valence-corrected chi connectivity index (χ0v) is 9.89. The summed E-state index contributed by atoms with van der Waals surface area (Å²) in [5.74, 6) is 0.466. The number of aliphatic hydroxyl groups is 1. The van der Waals surface area contributed by atoms with Gasteiger partial charge < -0.3 is 10.0 Å². The second-order valence-electron chi connectivity index (χ2n) is 3.72. The highest BCUT2D eigenvalue weighted by Crippen LogP contribution is 2.06. The Balaban J connectivity index is 2.15. The van der Waals surface area contributed by atoms with Crippen LogP contribution in [0.25, 0.3) is 5.82 Å². The van der Waals surface area contributed by atoms with Crippen molar-refractivity contribution in [2.75, 3.05) is 20.2 Å². The summed E-state index contributed by atoms with van der Waals surface area (Å²) < 4.78 is 1.64. The van der Waals surface area contributed by atoms with Crippen LogP contribution in [-0.2, 0) is 0 Å². The van der Waals surface area contributed by atoms with Crippen molar-refractivity contribution in [3.8, 4) is 5.82 Å². The Morgan fingerprint density at radius 1 is 1.39 bits per heavy atom. The van der Waals surface area contributed by atoms with Crippen LogP contribution in [0.5, 0.6) is 0 Å². The van der Waals surface area contributed by atoms with E-state index in [0.717, 1.165) is 0 Å². The summed E-state index contributed by atoms with van der Waals surface area (Å²) in [6.07, 6.45) is 4.55. The average molecular weight is 247 g/mol. The van der Waals surface area contributed by atoms with Crippen molar-refractivity contribution in [3.05, 3.63) is 36.5 Å². The summed E-state index contributed by atoms with van der Waals surface area (Å²) in [7, 11) is 1.63. The van der Waals surface area contributed by atoms with Gasteiger partial charge in [0.15, 0.2) is 0 Å². The molecule has 0 atom stereocenters. The van der Waals surface area contributed by atoms with Gasteiger partial charge in [0.05, 0.1) is 12.2 Å². The molecule has 0 aliphatic rings. The predicted molar refractivity (Wildman–Crippen MR) is 63.2 cm³/mol. The first-order valence-electron chi connectivity index (χ1n) is 5.39. The van der Waals surface area contributed by atoms with E-state index < -0.39 is 0 Å². The molecule has 0 aromatic carbocycles. The molecule has 0 spiro atoms. The minimum atomic E-state index is -0.174. The molecule has 7 nitrogen and oxygen atoms in total. The third-order valence-electron chi connectivity index (χ3n) is 2.46. The van der Waals surface area contributed by atoms with Crippen molar-refractivity contribution in [3.63, 3.8) is 0 Å². The van der Waals surface area contributed by atoms with E-state index in [9.17, 15) is 4.79 Å². The molecule has 0 radical (unpaired) electrons. The van der Waals surface area contributed by atoms with Gasteiger partial charge in [-0.15, -0.1) is 10.2 Å². The van der Waals surface area contributed by atoms with E-state index in [-0.39, 0.29) is 12.5 Å². The van der Waals surface area contributed by atoms with Crippen molar-refractivity contribution in [2.45, 2.75) is 0 Å². The third-order valence-corrected chi connectivity index (χ3v) is 2.46. The second-order valence-corrected chi connectivity index (χ2v) is 3.72. The Labute approximate surface area is 104 Å². The zero-order valence-electron chi connectivity index (χ0n) is 9.89. The summed E-state index contributed by atoms with van der Waals surface area (Å²) in [6.45, 7) is 0.237. The van der Waals surface area contributed by atoms with Gasteiger partial charge in [-0.05, 0) is 12.1 Å². The lowest BCUT2D eigenvalue weighted by molar-refractivity contribution is 0.0766. The van der Waals surface area contributed by atoms with E-state index in [4.69, 9.17) is 5.11 Å². The van der Waals surface area contributed by atoms with Crippen molar-refractivity contribution in [2.24, 2.45) is 0 Å². The zero-order chi connectivity index (χ0) is 13.0. The van der Waals surface area contributed by atoms with Gasteiger partial charge in [-0.1, -0.05) is 0 Å². The highest BCUT2D eigenvalue weighted by molar-refractivity contribution is 5.93. The second kappa shape index (κ2) is 5.37. The molecule has 7 heteroatoms. The molecule has 94 valence electrons. The minimum absolute atomic E-state index is 0.0611. The maximum absolute atomic E-state index is 11.9. The molecule has 0 unspecified atom stereocenters.